The smallest absolute Gasteiger partial charge is 0.870 e. The van der Waals surface area contributed by atoms with Gasteiger partial charge in [-0.05, 0) is 250 Å². The van der Waals surface area contributed by atoms with Crippen LogP contribution in [0.1, 0.15) is 159 Å². The van der Waals surface area contributed by atoms with Crippen LogP contribution in [-0.4, -0.2) is 137 Å². The Morgan fingerprint density at radius 1 is 0.488 bits per heavy atom. The summed E-state index contributed by atoms with van der Waals surface area (Å²) in [6.07, 6.45) is -0.748. The molecule has 9 aromatic rings. The second kappa shape index (κ2) is 46.6. The van der Waals surface area contributed by atoms with Crippen LogP contribution in [0.4, 0.5) is 0 Å². The third-order valence-corrected chi connectivity index (χ3v) is 25.0. The molecule has 0 radical (unpaired) electrons. The first-order valence-electron chi connectivity index (χ1n) is 38.2. The monoisotopic (exact) mass is 2120 g/mol. The fraction of sp³-hybridized carbons (Fsp3) is 0.322. The van der Waals surface area contributed by atoms with Gasteiger partial charge in [-0.1, -0.05) is 94.4 Å². The predicted molar refractivity (Wildman–Crippen MR) is 485 cm³/mol. The molecule has 33 heteroatoms. The Balaban J connectivity index is 0.000000188. The fourth-order valence-corrected chi connectivity index (χ4v) is 18.3. The van der Waals surface area contributed by atoms with Crippen molar-refractivity contribution in [2.45, 2.75) is 155 Å². The average Bonchev–Trinajstić information content (AvgIpc) is 1.69. The molecule has 0 bridgehead atoms. The molecular weight excluding hydrogens is 2050 g/mol. The van der Waals surface area contributed by atoms with E-state index in [2.05, 4.69) is 117 Å². The first-order chi connectivity index (χ1) is 57.7. The van der Waals surface area contributed by atoms with Crippen LogP contribution in [0, 0.1) is 22.7 Å². The van der Waals surface area contributed by atoms with Crippen LogP contribution in [0.25, 0.3) is 0 Å². The average molecular weight is 2130 g/mol. The van der Waals surface area contributed by atoms with Crippen molar-refractivity contribution in [3.05, 3.63) is 264 Å². The number of carboxylic acid groups (broad SMARTS) is 1. The molecule has 6 aliphatic heterocycles. The molecule has 21 nitrogen and oxygen atoms in total. The molecule has 1 fully saturated rings. The Morgan fingerprint density at radius 2 is 0.862 bits per heavy atom. The first kappa shape index (κ1) is 102. The molecule has 0 saturated carbocycles. The normalized spacial score (nSPS) is 19.0. The second-order valence-corrected chi connectivity index (χ2v) is 35.1. The zero-order valence-corrected chi connectivity index (χ0v) is 82.3. The molecule has 5 unspecified atom stereocenters. The zero-order valence-electron chi connectivity index (χ0n) is 67.8. The van der Waals surface area contributed by atoms with Gasteiger partial charge in [0, 0.05) is 93.8 Å². The molecule has 0 aliphatic carbocycles. The molecule has 6 N–H and O–H groups in total. The van der Waals surface area contributed by atoms with E-state index in [4.69, 9.17) is 133 Å². The molecule has 646 valence electrons. The fourth-order valence-electron chi connectivity index (χ4n) is 13.9. The van der Waals surface area contributed by atoms with Crippen molar-refractivity contribution in [1.82, 2.24) is 0 Å². The summed E-state index contributed by atoms with van der Waals surface area (Å²) in [5.41, 5.74) is 9.66. The van der Waals surface area contributed by atoms with E-state index in [9.17, 15) is 34.8 Å². The minimum absolute atomic E-state index is 0. The van der Waals surface area contributed by atoms with Crippen LogP contribution in [0.5, 0.6) is 51.7 Å². The number of aromatic carboxylic acids is 1. The maximum Gasteiger partial charge on any atom is 1.00 e. The Hall–Kier alpha value is -6.39. The Labute approximate surface area is 807 Å². The van der Waals surface area contributed by atoms with E-state index in [1.165, 1.54) is 17.7 Å². The Kier molecular flexibility index (Phi) is 38.6. The van der Waals surface area contributed by atoms with Gasteiger partial charge in [-0.3, -0.25) is 9.59 Å². The summed E-state index contributed by atoms with van der Waals surface area (Å²) in [7, 11) is 0. The number of nitriles is 2. The van der Waals surface area contributed by atoms with E-state index in [1.54, 1.807) is 78.9 Å². The van der Waals surface area contributed by atoms with Crippen LogP contribution in [0.3, 0.4) is 0 Å². The number of halogens is 11. The summed E-state index contributed by atoms with van der Waals surface area (Å²) < 4.78 is 59.8. The largest absolute Gasteiger partial charge is 1.00 e. The first-order valence-corrected chi connectivity index (χ1v) is 44.5. The predicted octanol–water partition coefficient (Wildman–Crippen LogP) is 19.1. The van der Waals surface area contributed by atoms with Gasteiger partial charge in [-0.15, -0.1) is 0 Å². The molecule has 0 spiro atoms. The molecule has 6 aliphatic rings. The van der Waals surface area contributed by atoms with Crippen molar-refractivity contribution >= 4 is 167 Å². The quantitative estimate of drug-likeness (QED) is 0.0303. The number of nitrogens with zero attached hydrogens (tertiary/aromatic N) is 2. The Bertz CT molecular complexity index is 5430. The summed E-state index contributed by atoms with van der Waals surface area (Å²) in [4.78, 5) is 37.1. The number of hydrogen-bond acceptors (Lipinski definition) is 20. The van der Waals surface area contributed by atoms with Gasteiger partial charge >= 0.3 is 35.5 Å². The number of carbonyl (C=O) groups excluding carboxylic acids is 2. The van der Waals surface area contributed by atoms with Crippen LogP contribution in [0.15, 0.2) is 150 Å². The summed E-state index contributed by atoms with van der Waals surface area (Å²) >= 11 is 54.6. The van der Waals surface area contributed by atoms with Crippen molar-refractivity contribution in [3.8, 4) is 63.9 Å². The third kappa shape index (κ3) is 24.5. The van der Waals surface area contributed by atoms with Gasteiger partial charge < -0.3 is 78.4 Å². The van der Waals surface area contributed by atoms with Gasteiger partial charge in [-0.2, -0.15) is 10.5 Å². The number of carbonyl (C=O) groups is 3. The van der Waals surface area contributed by atoms with Crippen LogP contribution < -0.4 is 72.2 Å². The van der Waals surface area contributed by atoms with Crippen molar-refractivity contribution in [1.29, 1.82) is 10.5 Å². The van der Waals surface area contributed by atoms with Crippen LogP contribution in [-0.2, 0) is 43.3 Å². The molecule has 10 atom stereocenters. The standard InChI is InChI=1S/C24H27ClO8.C18H16BrClO3.C18H18BrClO2.2C10H7BrClNO.C10H8BrClO3.Na.H2O/c1-3-31-13-6-4-12(5-7-13)19(27)14-9-16(23-15(18(14)25)8-11(2)32-23)24-22(30)21(29)20(28)17(10-26)33-24;1-3-22-12-6-4-11(5-7-12)17(21)13-9-15(19)18-14(16(13)20)8-10(2)23-18;1-3-21-14-6-4-12(5-7-14)9-13-10-16(19)18-15(17(13)20)8-11(2)22-18;1-5-2-7-9(12)6(4-13)3-8(11)10(7)14-5;1-2-3-14-10-5-9(12)7(6-13)4-8(10)11;1-4-2-5-8(12)6(10(13)14)3-7(11)9(5)15-4;;/h4-7,9,11,17,20-22,24,26,28-30H,3,8,10H2,1-2H3;4-7,9-10H,3,8H2,1-2H3;4-7,10-11H,3,8-9H2,1-2H3;3,5H,2H2,1H3;2,4-5H,1,3H2;3-4H,2H2,1H3,(H,13,14);;1H2/q;;;;;;+1;/p-1/t11?,17-,20-,21+,22-,24+;;;;;;;/m1......./s1. The van der Waals surface area contributed by atoms with Gasteiger partial charge in [0.15, 0.2) is 11.6 Å². The summed E-state index contributed by atoms with van der Waals surface area (Å²) in [6.45, 7) is 20.7. The van der Waals surface area contributed by atoms with Crippen LogP contribution >= 0.6 is 149 Å². The number of hydrogen-bond donors (Lipinski definition) is 5. The number of aliphatic hydroxyl groups is 4. The Morgan fingerprint density at radius 3 is 1.28 bits per heavy atom. The molecule has 0 amide bonds. The van der Waals surface area contributed by atoms with E-state index in [1.807, 2.05) is 66.7 Å². The van der Waals surface area contributed by atoms with Crippen molar-refractivity contribution in [2.75, 3.05) is 33.0 Å². The number of benzene rings is 9. The van der Waals surface area contributed by atoms with E-state index in [0.29, 0.717) is 132 Å². The molecule has 123 heavy (non-hydrogen) atoms. The molecule has 9 aromatic carbocycles. The molecule has 1 saturated heterocycles. The van der Waals surface area contributed by atoms with Gasteiger partial charge in [0.25, 0.3) is 0 Å². The van der Waals surface area contributed by atoms with Gasteiger partial charge in [0.1, 0.15) is 132 Å². The number of aliphatic hydroxyl groups excluding tert-OH is 4. The van der Waals surface area contributed by atoms with Crippen molar-refractivity contribution in [2.24, 2.45) is 0 Å². The minimum Gasteiger partial charge on any atom is -0.870 e. The number of ketones is 2. The maximum atomic E-state index is 13.4. The van der Waals surface area contributed by atoms with E-state index < -0.39 is 43.1 Å². The number of ether oxygens (including phenoxy) is 10. The molecule has 15 rings (SSSR count). The second-order valence-electron chi connectivity index (χ2n) is 28.5. The number of rotatable bonds is 18. The third-order valence-electron chi connectivity index (χ3n) is 19.5. The summed E-state index contributed by atoms with van der Waals surface area (Å²) in [5.74, 6) is 4.87. The SMILES string of the molecule is C=CCOc1cc(Cl)c(C#N)cc1Br.CC1Cc2c(Cl)c(C#N)cc(Br)c2O1.CC1Cc2c(Cl)c(C(=O)O)cc(Br)c2O1.CCOc1ccc(C(=O)c2cc(Br)c3c(c2Cl)CC(C)O3)cc1.CCOc1ccc(C(=O)c2cc([C@@H]3O[C@H](CO)[C@@H](O)[C@H](O)[C@H]3O)c3c(c2Cl)CC(C)O3)cc1.CCOc1ccc(Cc2cc(Br)c3c(c2Cl)CC(C)O3)cc1.[Na+].[OH-]. The zero-order chi connectivity index (χ0) is 88.1. The number of fused-ring (bicyclic) bond motifs is 5. The number of carboxylic acids is 1. The van der Waals surface area contributed by atoms with Crippen molar-refractivity contribution in [3.63, 3.8) is 0 Å². The van der Waals surface area contributed by atoms with Gasteiger partial charge in [-0.25, -0.2) is 4.79 Å². The molecular formula is C90H84Br5Cl6N2NaO19. The van der Waals surface area contributed by atoms with Crippen molar-refractivity contribution < 1.29 is 122 Å². The van der Waals surface area contributed by atoms with E-state index >= 15 is 0 Å². The van der Waals surface area contributed by atoms with Gasteiger partial charge in [0.2, 0.25) is 0 Å². The molecule has 0 aromatic heterocycles. The van der Waals surface area contributed by atoms with Gasteiger partial charge in [0.05, 0.1) is 95.6 Å². The molecule has 6 heterocycles. The van der Waals surface area contributed by atoms with E-state index in [-0.39, 0.29) is 98.3 Å². The maximum absolute atomic E-state index is 13.4. The summed E-state index contributed by atoms with van der Waals surface area (Å²) in [5, 5.41) is 69.9. The van der Waals surface area contributed by atoms with Crippen LogP contribution in [0.2, 0.25) is 30.1 Å². The summed E-state index contributed by atoms with van der Waals surface area (Å²) in [6, 6.07) is 37.7. The topological polar surface area (TPSA) is 322 Å². The minimum atomic E-state index is -1.56. The van der Waals surface area contributed by atoms with E-state index in [0.717, 1.165) is 94.3 Å².